The number of benzene rings is 3. The zero-order valence-corrected chi connectivity index (χ0v) is 22.2. The summed E-state index contributed by atoms with van der Waals surface area (Å²) in [6, 6.07) is 19.4. The first-order valence-corrected chi connectivity index (χ1v) is 13.6. The molecular formula is C32H27F4N3O2. The van der Waals surface area contributed by atoms with Gasteiger partial charge in [0.2, 0.25) is 5.91 Å². The molecule has 2 atom stereocenters. The Labute approximate surface area is 234 Å². The fourth-order valence-corrected chi connectivity index (χ4v) is 5.96. The highest BCUT2D eigenvalue weighted by molar-refractivity contribution is 6.05. The number of alkyl halides is 3. The van der Waals surface area contributed by atoms with Gasteiger partial charge >= 0.3 is 6.18 Å². The second-order valence-corrected chi connectivity index (χ2v) is 10.7. The van der Waals surface area contributed by atoms with E-state index in [4.69, 9.17) is 5.10 Å². The maximum atomic E-state index is 14.4. The van der Waals surface area contributed by atoms with Gasteiger partial charge in [-0.05, 0) is 68.1 Å². The molecule has 1 aromatic heterocycles. The van der Waals surface area contributed by atoms with Gasteiger partial charge in [0.1, 0.15) is 11.6 Å². The summed E-state index contributed by atoms with van der Waals surface area (Å²) in [5.74, 6) is -2.23. The third-order valence-corrected chi connectivity index (χ3v) is 8.16. The van der Waals surface area contributed by atoms with Gasteiger partial charge in [0.05, 0.1) is 22.9 Å². The summed E-state index contributed by atoms with van der Waals surface area (Å²) < 4.78 is 55.9. The molecule has 6 rings (SSSR count). The summed E-state index contributed by atoms with van der Waals surface area (Å²) >= 11 is 0. The van der Waals surface area contributed by atoms with Crippen LogP contribution in [0.25, 0.3) is 5.69 Å². The molecule has 0 radical (unpaired) electrons. The Bertz CT molecular complexity index is 1610. The Morgan fingerprint density at radius 3 is 2.32 bits per heavy atom. The van der Waals surface area contributed by atoms with Gasteiger partial charge in [-0.25, -0.2) is 9.07 Å². The van der Waals surface area contributed by atoms with Crippen LogP contribution in [0.4, 0.5) is 23.4 Å². The smallest absolute Gasteiger partial charge is 0.294 e. The number of fused-ring (bicyclic) bond motifs is 1. The molecule has 0 bridgehead atoms. The van der Waals surface area contributed by atoms with Crippen LogP contribution in [0.15, 0.2) is 78.9 Å². The number of aryl methyl sites for hydroxylation is 1. The first kappa shape index (κ1) is 26.9. The van der Waals surface area contributed by atoms with E-state index in [1.165, 1.54) is 24.3 Å². The molecule has 1 aliphatic heterocycles. The van der Waals surface area contributed by atoms with E-state index in [0.717, 1.165) is 42.6 Å². The predicted octanol–water partition coefficient (Wildman–Crippen LogP) is 7.26. The van der Waals surface area contributed by atoms with Crippen molar-refractivity contribution in [3.05, 3.63) is 113 Å². The predicted molar refractivity (Wildman–Crippen MR) is 146 cm³/mol. The minimum Gasteiger partial charge on any atom is -0.294 e. The average Bonchev–Trinajstić information content (AvgIpc) is 3.27. The van der Waals surface area contributed by atoms with Crippen LogP contribution >= 0.6 is 0 Å². The van der Waals surface area contributed by atoms with Gasteiger partial charge in [0.15, 0.2) is 5.78 Å². The molecule has 0 N–H and O–H groups in total. The van der Waals surface area contributed by atoms with Crippen LogP contribution in [0.2, 0.25) is 0 Å². The topological polar surface area (TPSA) is 55.2 Å². The molecule has 2 heterocycles. The quantitative estimate of drug-likeness (QED) is 0.184. The van der Waals surface area contributed by atoms with Gasteiger partial charge in [0, 0.05) is 29.5 Å². The van der Waals surface area contributed by atoms with Crippen molar-refractivity contribution in [2.75, 3.05) is 4.90 Å². The number of carbonyl (C=O) groups excluding carboxylic acids is 2. The van der Waals surface area contributed by atoms with Crippen LogP contribution in [-0.4, -0.2) is 27.5 Å². The Morgan fingerprint density at radius 1 is 0.976 bits per heavy atom. The van der Waals surface area contributed by atoms with Crippen LogP contribution in [0.1, 0.15) is 64.3 Å². The van der Waals surface area contributed by atoms with E-state index in [2.05, 4.69) is 0 Å². The van der Waals surface area contributed by atoms with Crippen molar-refractivity contribution in [2.24, 2.45) is 5.92 Å². The molecule has 0 unspecified atom stereocenters. The standard InChI is InChI=1S/C32H27F4N3O2/c1-19-28-29(20-13-15-23(33)16-14-20)26(18-27(40)21-7-5-8-22(17-21)32(34,35)36)31(41)38(24-11-6-12-24)30(28)39(37-19)25-9-3-2-4-10-25/h2-5,7-10,13-17,24,26,29H,6,11-12,18H2,1H3/t26-,29+/m0/s1. The molecule has 9 heteroatoms. The number of aromatic nitrogens is 2. The van der Waals surface area contributed by atoms with Gasteiger partial charge in [-0.1, -0.05) is 42.5 Å². The molecule has 0 spiro atoms. The third kappa shape index (κ3) is 4.83. The zero-order chi connectivity index (χ0) is 28.9. The van der Waals surface area contributed by atoms with Crippen molar-refractivity contribution in [3.63, 3.8) is 0 Å². The highest BCUT2D eigenvalue weighted by atomic mass is 19.4. The number of nitrogens with zero attached hydrogens (tertiary/aromatic N) is 3. The summed E-state index contributed by atoms with van der Waals surface area (Å²) in [5.41, 5.74) is 1.78. The summed E-state index contributed by atoms with van der Waals surface area (Å²) in [4.78, 5) is 29.7. The lowest BCUT2D eigenvalue weighted by Gasteiger charge is -2.45. The maximum absolute atomic E-state index is 14.4. The number of Topliss-reactive ketones (excluding diaryl/α,β-unsaturated/α-hetero) is 1. The highest BCUT2D eigenvalue weighted by Gasteiger charge is 2.48. The molecule has 1 aliphatic carbocycles. The molecule has 1 saturated carbocycles. The third-order valence-electron chi connectivity index (χ3n) is 8.16. The number of halogens is 4. The van der Waals surface area contributed by atoms with E-state index in [0.29, 0.717) is 17.1 Å². The fraction of sp³-hybridized carbons (Fsp3) is 0.281. The summed E-state index contributed by atoms with van der Waals surface area (Å²) in [5, 5.41) is 4.83. The number of hydrogen-bond donors (Lipinski definition) is 0. The Hall–Kier alpha value is -4.27. The normalized spacial score (nSPS) is 19.1. The number of para-hydroxylation sites is 1. The van der Waals surface area contributed by atoms with Crippen LogP contribution in [0, 0.1) is 18.7 Å². The molecular weight excluding hydrogens is 534 g/mol. The maximum Gasteiger partial charge on any atom is 0.416 e. The number of amides is 1. The van der Waals surface area contributed by atoms with Crippen LogP contribution in [0.5, 0.6) is 0 Å². The zero-order valence-electron chi connectivity index (χ0n) is 22.2. The monoisotopic (exact) mass is 561 g/mol. The largest absolute Gasteiger partial charge is 0.416 e. The second-order valence-electron chi connectivity index (χ2n) is 10.7. The van der Waals surface area contributed by atoms with Gasteiger partial charge < -0.3 is 0 Å². The number of ketones is 1. The van der Waals surface area contributed by atoms with Crippen LogP contribution in [-0.2, 0) is 11.0 Å². The fourth-order valence-electron chi connectivity index (χ4n) is 5.96. The van der Waals surface area contributed by atoms with E-state index in [9.17, 15) is 27.2 Å². The molecule has 1 amide bonds. The average molecular weight is 562 g/mol. The van der Waals surface area contributed by atoms with Gasteiger partial charge in [0.25, 0.3) is 0 Å². The van der Waals surface area contributed by atoms with Gasteiger partial charge in [-0.15, -0.1) is 0 Å². The molecule has 3 aromatic carbocycles. The molecule has 41 heavy (non-hydrogen) atoms. The summed E-state index contributed by atoms with van der Waals surface area (Å²) in [6.07, 6.45) is -2.37. The molecule has 2 aliphatic rings. The van der Waals surface area contributed by atoms with Crippen molar-refractivity contribution in [3.8, 4) is 5.69 Å². The Kier molecular flexibility index (Phi) is 6.76. The van der Waals surface area contributed by atoms with E-state index in [1.807, 2.05) is 37.3 Å². The Morgan fingerprint density at radius 2 is 1.68 bits per heavy atom. The van der Waals surface area contributed by atoms with E-state index >= 15 is 0 Å². The van der Waals surface area contributed by atoms with E-state index in [-0.39, 0.29) is 23.9 Å². The van der Waals surface area contributed by atoms with Gasteiger partial charge in [-0.2, -0.15) is 18.3 Å². The molecule has 210 valence electrons. The van der Waals surface area contributed by atoms with Gasteiger partial charge in [-0.3, -0.25) is 14.5 Å². The molecule has 5 nitrogen and oxygen atoms in total. The lowest BCUT2D eigenvalue weighted by molar-refractivity contribution is -0.137. The summed E-state index contributed by atoms with van der Waals surface area (Å²) in [6.45, 7) is 1.84. The minimum atomic E-state index is -4.60. The first-order valence-electron chi connectivity index (χ1n) is 13.6. The number of anilines is 1. The van der Waals surface area contributed by atoms with Crippen molar-refractivity contribution < 1.29 is 27.2 Å². The number of rotatable bonds is 6. The van der Waals surface area contributed by atoms with Crippen molar-refractivity contribution >= 4 is 17.5 Å². The number of carbonyl (C=O) groups is 2. The Balaban J connectivity index is 1.50. The van der Waals surface area contributed by atoms with Crippen molar-refractivity contribution in [1.29, 1.82) is 0 Å². The van der Waals surface area contributed by atoms with Crippen LogP contribution in [0.3, 0.4) is 0 Å². The first-order chi connectivity index (χ1) is 19.6. The molecule has 1 fully saturated rings. The van der Waals surface area contributed by atoms with E-state index < -0.39 is 35.2 Å². The highest BCUT2D eigenvalue weighted by Crippen LogP contribution is 2.49. The second kappa shape index (κ2) is 10.3. The SMILES string of the molecule is Cc1nn(-c2ccccc2)c2c1[C@H](c1ccc(F)cc1)[C@H](CC(=O)c1cccc(C(F)(F)F)c1)C(=O)N2C1CCC1. The lowest BCUT2D eigenvalue weighted by Crippen LogP contribution is -2.52. The van der Waals surface area contributed by atoms with Crippen molar-refractivity contribution in [2.45, 2.75) is 50.7 Å². The molecule has 4 aromatic rings. The van der Waals surface area contributed by atoms with Crippen molar-refractivity contribution in [1.82, 2.24) is 9.78 Å². The van der Waals surface area contributed by atoms with Crippen LogP contribution < -0.4 is 4.90 Å². The minimum absolute atomic E-state index is 0.0832. The number of hydrogen-bond acceptors (Lipinski definition) is 3. The summed E-state index contributed by atoms with van der Waals surface area (Å²) in [7, 11) is 0. The lowest BCUT2D eigenvalue weighted by atomic mass is 9.73. The molecule has 0 saturated heterocycles. The van der Waals surface area contributed by atoms with E-state index in [1.54, 1.807) is 21.7 Å².